The smallest absolute Gasteiger partial charge is 0.0480 e. The van der Waals surface area contributed by atoms with Gasteiger partial charge in [0.1, 0.15) is 0 Å². The number of rotatable bonds is 2. The van der Waals surface area contributed by atoms with Crippen LogP contribution in [0.5, 0.6) is 0 Å². The number of aryl methyl sites for hydroxylation is 2. The molecule has 2 aliphatic heterocycles. The van der Waals surface area contributed by atoms with E-state index in [2.05, 4.69) is 37.4 Å². The Labute approximate surface area is 109 Å². The second-order valence-corrected chi connectivity index (χ2v) is 6.08. The maximum atomic E-state index is 9.73. The first kappa shape index (κ1) is 12.2. The van der Waals surface area contributed by atoms with Crippen molar-refractivity contribution in [2.75, 3.05) is 6.61 Å². The summed E-state index contributed by atoms with van der Waals surface area (Å²) in [6, 6.07) is 8.02. The maximum absolute atomic E-state index is 9.73. The molecule has 0 radical (unpaired) electrons. The average molecular weight is 245 g/mol. The van der Waals surface area contributed by atoms with Crippen molar-refractivity contribution < 1.29 is 5.11 Å². The molecule has 0 amide bonds. The molecular formula is C16H23NO. The fourth-order valence-electron chi connectivity index (χ4n) is 3.77. The number of nitrogens with one attached hydrogen (secondary N) is 1. The van der Waals surface area contributed by atoms with E-state index in [9.17, 15) is 5.11 Å². The third kappa shape index (κ3) is 1.98. The minimum atomic E-state index is 0.308. The molecule has 3 unspecified atom stereocenters. The second kappa shape index (κ2) is 4.67. The third-order valence-corrected chi connectivity index (χ3v) is 5.02. The first-order chi connectivity index (χ1) is 8.69. The van der Waals surface area contributed by atoms with Gasteiger partial charge in [0.2, 0.25) is 0 Å². The summed E-state index contributed by atoms with van der Waals surface area (Å²) in [7, 11) is 0. The lowest BCUT2D eigenvalue weighted by Gasteiger charge is -2.37. The zero-order valence-corrected chi connectivity index (χ0v) is 11.3. The Morgan fingerprint density at radius 1 is 1.22 bits per heavy atom. The number of hydrogen-bond acceptors (Lipinski definition) is 2. The average Bonchev–Trinajstić information content (AvgIpc) is 2.75. The fraction of sp³-hybridized carbons (Fsp3) is 0.625. The minimum absolute atomic E-state index is 0.308. The van der Waals surface area contributed by atoms with E-state index >= 15 is 0 Å². The number of aliphatic hydroxyl groups excluding tert-OH is 1. The highest BCUT2D eigenvalue weighted by Gasteiger charge is 2.41. The van der Waals surface area contributed by atoms with Crippen LogP contribution in [0.25, 0.3) is 0 Å². The van der Waals surface area contributed by atoms with Crippen LogP contribution in [0.2, 0.25) is 0 Å². The van der Waals surface area contributed by atoms with Crippen LogP contribution >= 0.6 is 0 Å². The van der Waals surface area contributed by atoms with Gasteiger partial charge in [0.05, 0.1) is 0 Å². The quantitative estimate of drug-likeness (QED) is 0.839. The van der Waals surface area contributed by atoms with Crippen molar-refractivity contribution >= 4 is 0 Å². The zero-order valence-electron chi connectivity index (χ0n) is 11.3. The molecule has 2 fully saturated rings. The van der Waals surface area contributed by atoms with E-state index in [1.54, 1.807) is 0 Å². The largest absolute Gasteiger partial charge is 0.396 e. The molecule has 2 bridgehead atoms. The third-order valence-electron chi connectivity index (χ3n) is 5.02. The van der Waals surface area contributed by atoms with Gasteiger partial charge in [-0.05, 0) is 55.7 Å². The van der Waals surface area contributed by atoms with Crippen LogP contribution in [0.4, 0.5) is 0 Å². The Morgan fingerprint density at radius 3 is 2.78 bits per heavy atom. The monoisotopic (exact) mass is 245 g/mol. The molecular weight excluding hydrogens is 222 g/mol. The molecule has 3 rings (SSSR count). The summed E-state index contributed by atoms with van der Waals surface area (Å²) in [4.78, 5) is 0. The summed E-state index contributed by atoms with van der Waals surface area (Å²) in [5.74, 6) is 0.930. The normalized spacial score (nSPS) is 34.8. The predicted molar refractivity (Wildman–Crippen MR) is 73.8 cm³/mol. The minimum Gasteiger partial charge on any atom is -0.396 e. The van der Waals surface area contributed by atoms with E-state index in [4.69, 9.17) is 0 Å². The summed E-state index contributed by atoms with van der Waals surface area (Å²) < 4.78 is 0. The van der Waals surface area contributed by atoms with Gasteiger partial charge >= 0.3 is 0 Å². The SMILES string of the molecule is Cc1ccc(C2CC3CCC(N3)[C@@H]2CO)cc1C. The Hall–Kier alpha value is -0.860. The van der Waals surface area contributed by atoms with Crippen molar-refractivity contribution in [1.82, 2.24) is 5.32 Å². The maximum Gasteiger partial charge on any atom is 0.0480 e. The van der Waals surface area contributed by atoms with E-state index in [0.29, 0.717) is 30.5 Å². The molecule has 98 valence electrons. The molecule has 2 heterocycles. The molecule has 2 nitrogen and oxygen atoms in total. The fourth-order valence-corrected chi connectivity index (χ4v) is 3.77. The van der Waals surface area contributed by atoms with Gasteiger partial charge in [-0.25, -0.2) is 0 Å². The summed E-state index contributed by atoms with van der Waals surface area (Å²) >= 11 is 0. The molecule has 18 heavy (non-hydrogen) atoms. The van der Waals surface area contributed by atoms with Crippen LogP contribution in [0.15, 0.2) is 18.2 Å². The highest BCUT2D eigenvalue weighted by atomic mass is 16.3. The van der Waals surface area contributed by atoms with Gasteiger partial charge in [-0.15, -0.1) is 0 Å². The van der Waals surface area contributed by atoms with E-state index in [-0.39, 0.29) is 0 Å². The molecule has 2 aliphatic rings. The molecule has 2 saturated heterocycles. The topological polar surface area (TPSA) is 32.3 Å². The van der Waals surface area contributed by atoms with Gasteiger partial charge in [-0.1, -0.05) is 18.2 Å². The Kier molecular flexibility index (Phi) is 3.16. The number of piperidine rings is 1. The van der Waals surface area contributed by atoms with E-state index in [1.807, 2.05) is 0 Å². The Balaban J connectivity index is 1.91. The first-order valence-electron chi connectivity index (χ1n) is 7.13. The van der Waals surface area contributed by atoms with E-state index in [1.165, 1.54) is 36.0 Å². The second-order valence-electron chi connectivity index (χ2n) is 6.08. The molecule has 2 heteroatoms. The standard InChI is InChI=1S/C16H23NO/c1-10-3-4-12(7-11(10)2)14-8-13-5-6-16(17-13)15(14)9-18/h3-4,7,13-18H,5-6,8-9H2,1-2H3/t13?,14?,15-,16?/m1/s1. The number of aliphatic hydroxyl groups is 1. The van der Waals surface area contributed by atoms with Crippen molar-refractivity contribution in [3.63, 3.8) is 0 Å². The summed E-state index contributed by atoms with van der Waals surface area (Å²) in [6.07, 6.45) is 3.70. The van der Waals surface area contributed by atoms with Gasteiger partial charge in [-0.3, -0.25) is 0 Å². The highest BCUT2D eigenvalue weighted by Crippen LogP contribution is 2.41. The molecule has 0 saturated carbocycles. The Bertz CT molecular complexity index is 443. The zero-order chi connectivity index (χ0) is 12.7. The summed E-state index contributed by atoms with van der Waals surface area (Å²) in [6.45, 7) is 4.65. The van der Waals surface area contributed by atoms with Gasteiger partial charge in [0.15, 0.2) is 0 Å². The molecule has 2 N–H and O–H groups in total. The molecule has 1 aromatic carbocycles. The highest BCUT2D eigenvalue weighted by molar-refractivity contribution is 5.33. The van der Waals surface area contributed by atoms with Gasteiger partial charge < -0.3 is 10.4 Å². The van der Waals surface area contributed by atoms with E-state index < -0.39 is 0 Å². The molecule has 1 aromatic rings. The lowest BCUT2D eigenvalue weighted by atomic mass is 9.77. The number of fused-ring (bicyclic) bond motifs is 2. The molecule has 0 aliphatic carbocycles. The lowest BCUT2D eigenvalue weighted by molar-refractivity contribution is 0.144. The van der Waals surface area contributed by atoms with Crippen LogP contribution in [0.3, 0.4) is 0 Å². The first-order valence-corrected chi connectivity index (χ1v) is 7.13. The van der Waals surface area contributed by atoms with Gasteiger partial charge in [-0.2, -0.15) is 0 Å². The van der Waals surface area contributed by atoms with Crippen molar-refractivity contribution in [3.8, 4) is 0 Å². The van der Waals surface area contributed by atoms with Gasteiger partial charge in [0.25, 0.3) is 0 Å². The molecule has 4 atom stereocenters. The van der Waals surface area contributed by atoms with Crippen molar-refractivity contribution in [1.29, 1.82) is 0 Å². The predicted octanol–water partition coefficient (Wildman–Crippen LogP) is 2.52. The van der Waals surface area contributed by atoms with Crippen LogP contribution in [0.1, 0.15) is 41.9 Å². The summed E-state index contributed by atoms with van der Waals surface area (Å²) in [5, 5.41) is 13.4. The van der Waals surface area contributed by atoms with Crippen LogP contribution in [-0.2, 0) is 0 Å². The van der Waals surface area contributed by atoms with E-state index in [0.717, 1.165) is 0 Å². The number of hydrogen-bond donors (Lipinski definition) is 2. The van der Waals surface area contributed by atoms with Crippen LogP contribution in [-0.4, -0.2) is 23.8 Å². The Morgan fingerprint density at radius 2 is 2.06 bits per heavy atom. The van der Waals surface area contributed by atoms with Gasteiger partial charge in [0, 0.05) is 24.6 Å². The summed E-state index contributed by atoms with van der Waals surface area (Å²) in [5.41, 5.74) is 4.15. The van der Waals surface area contributed by atoms with Crippen molar-refractivity contribution in [3.05, 3.63) is 34.9 Å². The molecule has 0 aromatic heterocycles. The van der Waals surface area contributed by atoms with Crippen LogP contribution in [0, 0.1) is 19.8 Å². The lowest BCUT2D eigenvalue weighted by Crippen LogP contribution is -2.45. The van der Waals surface area contributed by atoms with Crippen LogP contribution < -0.4 is 5.32 Å². The molecule has 0 spiro atoms. The number of benzene rings is 1. The van der Waals surface area contributed by atoms with Crippen molar-refractivity contribution in [2.24, 2.45) is 5.92 Å². The van der Waals surface area contributed by atoms with Crippen molar-refractivity contribution in [2.45, 2.75) is 51.1 Å².